The number of nitrogens with zero attached hydrogens (tertiary/aromatic N) is 4. The molecule has 0 radical (unpaired) electrons. The van der Waals surface area contributed by atoms with E-state index in [2.05, 4.69) is 15.4 Å². The second-order valence-corrected chi connectivity index (χ2v) is 8.02. The van der Waals surface area contributed by atoms with E-state index in [1.807, 2.05) is 6.07 Å². The molecule has 3 aromatic rings. The van der Waals surface area contributed by atoms with Gasteiger partial charge in [0.15, 0.2) is 9.84 Å². The second kappa shape index (κ2) is 6.51. The predicted molar refractivity (Wildman–Crippen MR) is 91.9 cm³/mol. The molecular weight excluding hydrogens is 371 g/mol. The lowest BCUT2D eigenvalue weighted by Crippen LogP contribution is -2.04. The van der Waals surface area contributed by atoms with Gasteiger partial charge in [-0.25, -0.2) is 8.42 Å². The van der Waals surface area contributed by atoms with E-state index in [0.29, 0.717) is 28.0 Å². The molecule has 2 aromatic carbocycles. The predicted octanol–water partition coefficient (Wildman–Crippen LogP) is 3.10. The molecule has 0 bridgehead atoms. The van der Waals surface area contributed by atoms with E-state index in [9.17, 15) is 8.42 Å². The third-order valence-corrected chi connectivity index (χ3v) is 5.17. The van der Waals surface area contributed by atoms with Gasteiger partial charge < -0.3 is 0 Å². The van der Waals surface area contributed by atoms with Crippen LogP contribution >= 0.6 is 23.2 Å². The summed E-state index contributed by atoms with van der Waals surface area (Å²) < 4.78 is 22.9. The van der Waals surface area contributed by atoms with E-state index in [0.717, 1.165) is 11.8 Å². The Balaban J connectivity index is 1.81. The van der Waals surface area contributed by atoms with Crippen molar-refractivity contribution in [2.24, 2.45) is 0 Å². The third-order valence-electron chi connectivity index (χ3n) is 3.30. The highest BCUT2D eigenvalue weighted by molar-refractivity contribution is 7.90. The van der Waals surface area contributed by atoms with Gasteiger partial charge in [-0.3, -0.25) is 0 Å². The summed E-state index contributed by atoms with van der Waals surface area (Å²) in [5, 5.41) is 13.2. The first kappa shape index (κ1) is 16.9. The first-order valence-corrected chi connectivity index (χ1v) is 9.50. The zero-order chi connectivity index (χ0) is 17.3. The lowest BCUT2D eigenvalue weighted by atomic mass is 10.2. The van der Waals surface area contributed by atoms with Crippen LogP contribution in [-0.2, 0) is 16.4 Å². The molecule has 0 aliphatic heterocycles. The van der Waals surface area contributed by atoms with E-state index in [-0.39, 0.29) is 4.90 Å². The van der Waals surface area contributed by atoms with Crippen molar-refractivity contribution in [2.45, 2.75) is 11.4 Å². The first-order valence-electron chi connectivity index (χ1n) is 6.85. The lowest BCUT2D eigenvalue weighted by Gasteiger charge is -2.02. The Morgan fingerprint density at radius 1 is 1.04 bits per heavy atom. The van der Waals surface area contributed by atoms with Crippen LogP contribution in [0.5, 0.6) is 0 Å². The summed E-state index contributed by atoms with van der Waals surface area (Å²) in [6.45, 7) is 0.394. The number of halogens is 2. The van der Waals surface area contributed by atoms with Gasteiger partial charge in [-0.1, -0.05) is 29.3 Å². The standard InChI is InChI=1S/C15H12Cl2N4O2S/c1-24(22,23)12-5-3-11(4-6-12)15-18-20-21(19-15)9-10-2-7-13(16)14(17)8-10/h2-8H,9H2,1H3. The average molecular weight is 383 g/mol. The van der Waals surface area contributed by atoms with E-state index in [1.165, 1.54) is 16.9 Å². The van der Waals surface area contributed by atoms with Crippen LogP contribution in [-0.4, -0.2) is 34.9 Å². The van der Waals surface area contributed by atoms with E-state index >= 15 is 0 Å². The van der Waals surface area contributed by atoms with Gasteiger partial charge in [0.25, 0.3) is 0 Å². The number of benzene rings is 2. The Labute approximate surface area is 148 Å². The van der Waals surface area contributed by atoms with E-state index in [1.54, 1.807) is 24.3 Å². The first-order chi connectivity index (χ1) is 11.3. The van der Waals surface area contributed by atoms with Crippen LogP contribution in [0.25, 0.3) is 11.4 Å². The highest BCUT2D eigenvalue weighted by Crippen LogP contribution is 2.23. The molecule has 9 heteroatoms. The highest BCUT2D eigenvalue weighted by Gasteiger charge is 2.10. The monoisotopic (exact) mass is 382 g/mol. The van der Waals surface area contributed by atoms with Crippen molar-refractivity contribution in [3.8, 4) is 11.4 Å². The molecule has 24 heavy (non-hydrogen) atoms. The Morgan fingerprint density at radius 3 is 2.38 bits per heavy atom. The molecule has 0 saturated carbocycles. The Morgan fingerprint density at radius 2 is 1.75 bits per heavy atom. The van der Waals surface area contributed by atoms with E-state index < -0.39 is 9.84 Å². The van der Waals surface area contributed by atoms with Crippen LogP contribution in [0, 0.1) is 0 Å². The summed E-state index contributed by atoms with van der Waals surface area (Å²) in [6, 6.07) is 11.6. The normalized spacial score (nSPS) is 11.6. The van der Waals surface area contributed by atoms with Crippen LogP contribution < -0.4 is 0 Å². The molecule has 0 unspecified atom stereocenters. The smallest absolute Gasteiger partial charge is 0.204 e. The second-order valence-electron chi connectivity index (χ2n) is 5.19. The summed E-state index contributed by atoms with van der Waals surface area (Å²) in [7, 11) is -3.23. The van der Waals surface area contributed by atoms with Crippen LogP contribution in [0.4, 0.5) is 0 Å². The molecular formula is C15H12Cl2N4O2S. The van der Waals surface area contributed by atoms with Gasteiger partial charge in [0.1, 0.15) is 0 Å². The summed E-state index contributed by atoms with van der Waals surface area (Å²) in [5.41, 5.74) is 1.57. The molecule has 0 atom stereocenters. The molecule has 6 nitrogen and oxygen atoms in total. The van der Waals surface area contributed by atoms with Crippen molar-refractivity contribution in [3.63, 3.8) is 0 Å². The molecule has 0 fully saturated rings. The Hall–Kier alpha value is -1.96. The third kappa shape index (κ3) is 3.75. The van der Waals surface area contributed by atoms with Crippen LogP contribution in [0.1, 0.15) is 5.56 Å². The number of aromatic nitrogens is 4. The van der Waals surface area contributed by atoms with Crippen LogP contribution in [0.2, 0.25) is 10.0 Å². The molecule has 124 valence electrons. The largest absolute Gasteiger partial charge is 0.224 e. The van der Waals surface area contributed by atoms with Crippen molar-refractivity contribution in [3.05, 3.63) is 58.1 Å². The number of sulfone groups is 1. The number of hydrogen-bond acceptors (Lipinski definition) is 5. The van der Waals surface area contributed by atoms with Crippen LogP contribution in [0.15, 0.2) is 47.4 Å². The molecule has 0 aliphatic carbocycles. The minimum absolute atomic E-state index is 0.245. The van der Waals surface area contributed by atoms with Crippen molar-refractivity contribution < 1.29 is 8.42 Å². The molecule has 0 spiro atoms. The molecule has 0 amide bonds. The summed E-state index contributed by atoms with van der Waals surface area (Å²) in [4.78, 5) is 1.67. The summed E-state index contributed by atoms with van der Waals surface area (Å²) in [6.07, 6.45) is 1.16. The fraction of sp³-hybridized carbons (Fsp3) is 0.133. The quantitative estimate of drug-likeness (QED) is 0.692. The molecule has 3 rings (SSSR count). The Bertz CT molecular complexity index is 985. The fourth-order valence-electron chi connectivity index (χ4n) is 2.08. The summed E-state index contributed by atoms with van der Waals surface area (Å²) in [5.74, 6) is 0.412. The Kier molecular flexibility index (Phi) is 4.58. The van der Waals surface area contributed by atoms with Gasteiger partial charge in [-0.15, -0.1) is 10.2 Å². The highest BCUT2D eigenvalue weighted by atomic mass is 35.5. The van der Waals surface area contributed by atoms with Gasteiger partial charge in [0.05, 0.1) is 21.5 Å². The maximum absolute atomic E-state index is 11.5. The number of hydrogen-bond donors (Lipinski definition) is 0. The minimum atomic E-state index is -3.23. The van der Waals surface area contributed by atoms with Crippen LogP contribution in [0.3, 0.4) is 0 Å². The van der Waals surface area contributed by atoms with Gasteiger partial charge >= 0.3 is 0 Å². The zero-order valence-electron chi connectivity index (χ0n) is 12.5. The molecule has 0 saturated heterocycles. The minimum Gasteiger partial charge on any atom is -0.224 e. The lowest BCUT2D eigenvalue weighted by molar-refractivity contribution is 0.573. The van der Waals surface area contributed by atoms with Crippen molar-refractivity contribution in [1.29, 1.82) is 0 Å². The van der Waals surface area contributed by atoms with Crippen molar-refractivity contribution in [2.75, 3.05) is 6.26 Å². The maximum Gasteiger partial charge on any atom is 0.204 e. The van der Waals surface area contributed by atoms with E-state index in [4.69, 9.17) is 23.2 Å². The fourth-order valence-corrected chi connectivity index (χ4v) is 3.03. The molecule has 0 aliphatic rings. The van der Waals surface area contributed by atoms with Gasteiger partial charge in [-0.05, 0) is 47.2 Å². The van der Waals surface area contributed by atoms with Crippen molar-refractivity contribution >= 4 is 33.0 Å². The maximum atomic E-state index is 11.5. The average Bonchev–Trinajstić information content (AvgIpc) is 2.99. The number of rotatable bonds is 4. The van der Waals surface area contributed by atoms with Gasteiger partial charge in [0.2, 0.25) is 5.82 Å². The zero-order valence-corrected chi connectivity index (χ0v) is 14.8. The number of tetrazole rings is 1. The molecule has 0 N–H and O–H groups in total. The summed E-state index contributed by atoms with van der Waals surface area (Å²) >= 11 is 11.9. The molecule has 1 heterocycles. The van der Waals surface area contributed by atoms with Crippen molar-refractivity contribution in [1.82, 2.24) is 20.2 Å². The van der Waals surface area contributed by atoms with Gasteiger partial charge in [-0.2, -0.15) is 4.80 Å². The topological polar surface area (TPSA) is 77.7 Å². The van der Waals surface area contributed by atoms with Gasteiger partial charge in [0, 0.05) is 11.8 Å². The SMILES string of the molecule is CS(=O)(=O)c1ccc(-c2nnn(Cc3ccc(Cl)c(Cl)c3)n2)cc1. The molecule has 1 aromatic heterocycles.